The lowest BCUT2D eigenvalue weighted by Crippen LogP contribution is -2.30. The van der Waals surface area contributed by atoms with E-state index in [-0.39, 0.29) is 6.42 Å². The maximum atomic E-state index is 14.8. The predicted octanol–water partition coefficient (Wildman–Crippen LogP) is 5.70. The molecule has 0 saturated heterocycles. The van der Waals surface area contributed by atoms with Crippen molar-refractivity contribution in [2.45, 2.75) is 65.6 Å². The van der Waals surface area contributed by atoms with E-state index in [1.54, 1.807) is 65.8 Å². The van der Waals surface area contributed by atoms with E-state index in [2.05, 4.69) is 0 Å². The summed E-state index contributed by atoms with van der Waals surface area (Å²) in [5, 5.41) is 0. The minimum Gasteiger partial charge on any atom is -0.461 e. The van der Waals surface area contributed by atoms with Crippen LogP contribution in [0, 0.1) is 24.5 Å². The number of halogens is 2. The van der Waals surface area contributed by atoms with Crippen molar-refractivity contribution in [1.82, 2.24) is 0 Å². The van der Waals surface area contributed by atoms with Gasteiger partial charge in [0, 0.05) is 5.92 Å². The number of hydrogen-bond acceptors (Lipinski definition) is 4. The van der Waals surface area contributed by atoms with E-state index in [0.29, 0.717) is 11.1 Å². The third-order valence-electron chi connectivity index (χ3n) is 4.79. The second-order valence-corrected chi connectivity index (χ2v) is 8.89. The zero-order valence-electron chi connectivity index (χ0n) is 18.9. The van der Waals surface area contributed by atoms with Crippen LogP contribution in [0.2, 0.25) is 0 Å². The maximum absolute atomic E-state index is 14.8. The van der Waals surface area contributed by atoms with Gasteiger partial charge in [-0.1, -0.05) is 31.2 Å². The predicted molar refractivity (Wildman–Crippen MR) is 115 cm³/mol. The van der Waals surface area contributed by atoms with Gasteiger partial charge in [0.15, 0.2) is 0 Å². The first kappa shape index (κ1) is 24.5. The van der Waals surface area contributed by atoms with Crippen LogP contribution in [-0.2, 0) is 19.1 Å². The van der Waals surface area contributed by atoms with Crippen molar-refractivity contribution in [1.29, 1.82) is 0 Å². The third-order valence-corrected chi connectivity index (χ3v) is 4.79. The highest BCUT2D eigenvalue weighted by Gasteiger charge is 2.30. The van der Waals surface area contributed by atoms with Crippen molar-refractivity contribution in [2.24, 2.45) is 5.92 Å². The molecule has 0 aromatic heterocycles. The van der Waals surface area contributed by atoms with Crippen molar-refractivity contribution < 1.29 is 27.8 Å². The largest absolute Gasteiger partial charge is 0.461 e. The number of benzene rings is 2. The molecule has 2 aromatic carbocycles. The van der Waals surface area contributed by atoms with E-state index >= 15 is 0 Å². The molecular weight excluding hydrogens is 402 g/mol. The molecule has 4 nitrogen and oxygen atoms in total. The summed E-state index contributed by atoms with van der Waals surface area (Å²) in [5.41, 5.74) is 1.07. The van der Waals surface area contributed by atoms with E-state index in [1.165, 1.54) is 18.2 Å². The van der Waals surface area contributed by atoms with Gasteiger partial charge in [-0.15, -0.1) is 0 Å². The molecule has 2 rings (SSSR count). The number of esters is 2. The van der Waals surface area contributed by atoms with Gasteiger partial charge >= 0.3 is 11.9 Å². The van der Waals surface area contributed by atoms with Crippen LogP contribution < -0.4 is 0 Å². The summed E-state index contributed by atoms with van der Waals surface area (Å²) in [6, 6.07) is 10.5. The summed E-state index contributed by atoms with van der Waals surface area (Å²) < 4.78 is 39.1. The van der Waals surface area contributed by atoms with Crippen LogP contribution in [0.15, 0.2) is 42.5 Å². The van der Waals surface area contributed by atoms with E-state index in [4.69, 9.17) is 9.47 Å². The van der Waals surface area contributed by atoms with Crippen LogP contribution in [0.25, 0.3) is 0 Å². The molecule has 0 bridgehead atoms. The third kappa shape index (κ3) is 7.16. The van der Waals surface area contributed by atoms with Gasteiger partial charge in [-0.3, -0.25) is 9.59 Å². The Morgan fingerprint density at radius 3 is 2.16 bits per heavy atom. The Labute approximate surface area is 182 Å². The fourth-order valence-corrected chi connectivity index (χ4v) is 3.34. The first-order valence-corrected chi connectivity index (χ1v) is 10.3. The Hall–Kier alpha value is -2.76. The minimum absolute atomic E-state index is 0.122. The average molecular weight is 433 g/mol. The molecule has 0 aliphatic rings. The lowest BCUT2D eigenvalue weighted by Gasteiger charge is -2.27. The molecule has 0 spiro atoms. The standard InChI is InChI=1S/C25H30F2O4/c1-15-7-12-20(21(27)13-15)23(18-8-10-19(26)11-9-18)17(3)30-24(29)16(2)14-22(28)31-25(4,5)6/h7-13,16-17,23H,14H2,1-6H3/t16-,17+,23-/m1/s1. The fourth-order valence-electron chi connectivity index (χ4n) is 3.34. The summed E-state index contributed by atoms with van der Waals surface area (Å²) in [4.78, 5) is 24.7. The van der Waals surface area contributed by atoms with Gasteiger partial charge in [0.1, 0.15) is 23.3 Å². The summed E-state index contributed by atoms with van der Waals surface area (Å²) in [5.74, 6) is -3.29. The summed E-state index contributed by atoms with van der Waals surface area (Å²) in [6.07, 6.45) is -0.876. The van der Waals surface area contributed by atoms with Crippen LogP contribution in [0.5, 0.6) is 0 Å². The average Bonchev–Trinajstić information content (AvgIpc) is 2.63. The number of carbonyl (C=O) groups is 2. The van der Waals surface area contributed by atoms with Crippen LogP contribution in [-0.4, -0.2) is 23.6 Å². The second kappa shape index (κ2) is 10.0. The first-order chi connectivity index (χ1) is 14.4. The highest BCUT2D eigenvalue weighted by molar-refractivity contribution is 5.80. The number of ether oxygens (including phenoxy) is 2. The topological polar surface area (TPSA) is 52.6 Å². The summed E-state index contributed by atoms with van der Waals surface area (Å²) >= 11 is 0. The maximum Gasteiger partial charge on any atom is 0.309 e. The Balaban J connectivity index is 2.23. The molecule has 6 heteroatoms. The Morgan fingerprint density at radius 2 is 1.61 bits per heavy atom. The van der Waals surface area contributed by atoms with E-state index < -0.39 is 47.1 Å². The van der Waals surface area contributed by atoms with E-state index in [1.807, 2.05) is 0 Å². The minimum atomic E-state index is -0.753. The SMILES string of the molecule is Cc1ccc([C@@H](c2ccc(F)cc2)[C@H](C)OC(=O)[C@H](C)CC(=O)OC(C)(C)C)c(F)c1. The number of aryl methyl sites for hydroxylation is 1. The highest BCUT2D eigenvalue weighted by atomic mass is 19.1. The molecule has 0 fully saturated rings. The molecule has 168 valence electrons. The van der Waals surface area contributed by atoms with Gasteiger partial charge in [-0.05, 0) is 69.5 Å². The zero-order valence-corrected chi connectivity index (χ0v) is 18.9. The number of rotatable bonds is 7. The van der Waals surface area contributed by atoms with Crippen LogP contribution >= 0.6 is 0 Å². The molecular formula is C25H30F2O4. The monoisotopic (exact) mass is 432 g/mol. The lowest BCUT2D eigenvalue weighted by atomic mass is 9.86. The molecule has 0 aliphatic heterocycles. The van der Waals surface area contributed by atoms with Crippen molar-refractivity contribution in [3.05, 3.63) is 70.8 Å². The molecule has 0 amide bonds. The summed E-state index contributed by atoms with van der Waals surface area (Å²) in [6.45, 7) is 10.3. The van der Waals surface area contributed by atoms with Crippen LogP contribution in [0.3, 0.4) is 0 Å². The number of carbonyl (C=O) groups excluding carboxylic acids is 2. The molecule has 31 heavy (non-hydrogen) atoms. The molecule has 0 heterocycles. The molecule has 0 N–H and O–H groups in total. The summed E-state index contributed by atoms with van der Waals surface area (Å²) in [7, 11) is 0. The van der Waals surface area contributed by atoms with Gasteiger partial charge in [-0.2, -0.15) is 0 Å². The Bertz CT molecular complexity index is 916. The normalized spacial score (nSPS) is 14.5. The molecule has 0 unspecified atom stereocenters. The molecule has 0 aliphatic carbocycles. The lowest BCUT2D eigenvalue weighted by molar-refractivity contribution is -0.163. The van der Waals surface area contributed by atoms with Crippen molar-refractivity contribution in [3.63, 3.8) is 0 Å². The molecule has 3 atom stereocenters. The highest BCUT2D eigenvalue weighted by Crippen LogP contribution is 2.33. The smallest absolute Gasteiger partial charge is 0.309 e. The molecule has 0 radical (unpaired) electrons. The zero-order chi connectivity index (χ0) is 23.3. The quantitative estimate of drug-likeness (QED) is 0.526. The Morgan fingerprint density at radius 1 is 1.00 bits per heavy atom. The van der Waals surface area contributed by atoms with Crippen molar-refractivity contribution in [3.8, 4) is 0 Å². The Kier molecular flexibility index (Phi) is 7.93. The van der Waals surface area contributed by atoms with Gasteiger partial charge in [0.25, 0.3) is 0 Å². The molecule has 2 aromatic rings. The first-order valence-electron chi connectivity index (χ1n) is 10.3. The van der Waals surface area contributed by atoms with Gasteiger partial charge in [-0.25, -0.2) is 8.78 Å². The van der Waals surface area contributed by atoms with E-state index in [0.717, 1.165) is 5.56 Å². The van der Waals surface area contributed by atoms with Crippen molar-refractivity contribution in [2.75, 3.05) is 0 Å². The number of hydrogen-bond donors (Lipinski definition) is 0. The van der Waals surface area contributed by atoms with Gasteiger partial charge in [0.05, 0.1) is 12.3 Å². The van der Waals surface area contributed by atoms with Crippen molar-refractivity contribution >= 4 is 11.9 Å². The van der Waals surface area contributed by atoms with Gasteiger partial charge < -0.3 is 9.47 Å². The molecule has 0 saturated carbocycles. The van der Waals surface area contributed by atoms with Crippen LogP contribution in [0.1, 0.15) is 63.6 Å². The van der Waals surface area contributed by atoms with Gasteiger partial charge in [0.2, 0.25) is 0 Å². The fraction of sp³-hybridized carbons (Fsp3) is 0.440. The second-order valence-electron chi connectivity index (χ2n) is 8.89. The van der Waals surface area contributed by atoms with E-state index in [9.17, 15) is 18.4 Å². The van der Waals surface area contributed by atoms with Crippen LogP contribution in [0.4, 0.5) is 8.78 Å².